The predicted molar refractivity (Wildman–Crippen MR) is 95.3 cm³/mol. The van der Waals surface area contributed by atoms with Crippen molar-refractivity contribution in [2.75, 3.05) is 26.2 Å². The van der Waals surface area contributed by atoms with Crippen LogP contribution in [0.1, 0.15) is 46.1 Å². The first-order valence-corrected chi connectivity index (χ1v) is 9.87. The molecule has 0 saturated carbocycles. The minimum absolute atomic E-state index is 0.0702. The molecule has 0 radical (unpaired) electrons. The van der Waals surface area contributed by atoms with Crippen molar-refractivity contribution < 1.29 is 13.2 Å². The molecule has 24 heavy (non-hydrogen) atoms. The molecule has 0 atom stereocenters. The van der Waals surface area contributed by atoms with Crippen LogP contribution in [-0.4, -0.2) is 49.7 Å². The molecule has 6 heteroatoms. The molecule has 0 aromatic heterocycles. The molecule has 0 aliphatic carbocycles. The Morgan fingerprint density at radius 2 is 1.50 bits per heavy atom. The second-order valence-electron chi connectivity index (χ2n) is 7.67. The first-order chi connectivity index (χ1) is 11.0. The zero-order valence-corrected chi connectivity index (χ0v) is 16.1. The molecule has 1 amide bonds. The summed E-state index contributed by atoms with van der Waals surface area (Å²) < 4.78 is 27.0. The summed E-state index contributed by atoms with van der Waals surface area (Å²) in [7, 11) is -3.49. The molecule has 1 aromatic carbocycles. The Morgan fingerprint density at radius 3 is 1.92 bits per heavy atom. The van der Waals surface area contributed by atoms with E-state index in [0.29, 0.717) is 37.0 Å². The molecule has 1 fully saturated rings. The number of carbonyl (C=O) groups is 1. The van der Waals surface area contributed by atoms with E-state index in [0.717, 1.165) is 5.56 Å². The van der Waals surface area contributed by atoms with Crippen molar-refractivity contribution in [3.63, 3.8) is 0 Å². The minimum atomic E-state index is -3.49. The maximum Gasteiger partial charge on any atom is 0.243 e. The van der Waals surface area contributed by atoms with Crippen LogP contribution >= 0.6 is 0 Å². The van der Waals surface area contributed by atoms with Crippen molar-refractivity contribution in [3.8, 4) is 0 Å². The van der Waals surface area contributed by atoms with Gasteiger partial charge in [-0.2, -0.15) is 4.31 Å². The quantitative estimate of drug-likeness (QED) is 0.840. The summed E-state index contributed by atoms with van der Waals surface area (Å²) in [6, 6.07) is 7.10. The summed E-state index contributed by atoms with van der Waals surface area (Å²) in [5, 5.41) is 0. The van der Waals surface area contributed by atoms with Gasteiger partial charge in [0.1, 0.15) is 0 Å². The molecular formula is C18H28N2O3S. The Hall–Kier alpha value is -1.40. The van der Waals surface area contributed by atoms with Crippen molar-refractivity contribution in [3.05, 3.63) is 29.8 Å². The first kappa shape index (κ1) is 18.9. The molecule has 134 valence electrons. The topological polar surface area (TPSA) is 57.7 Å². The van der Waals surface area contributed by atoms with E-state index in [-0.39, 0.29) is 5.91 Å². The lowest BCUT2D eigenvalue weighted by Gasteiger charge is -2.37. The van der Waals surface area contributed by atoms with Crippen LogP contribution in [0.5, 0.6) is 0 Å². The SMILES string of the molecule is CC(C)c1ccc(S(=O)(=O)N2CCN(C(=O)C(C)(C)C)CC2)cc1. The lowest BCUT2D eigenvalue weighted by molar-refractivity contribution is -0.140. The fourth-order valence-corrected chi connectivity index (χ4v) is 4.20. The van der Waals surface area contributed by atoms with E-state index >= 15 is 0 Å². The summed E-state index contributed by atoms with van der Waals surface area (Å²) in [5.74, 6) is 0.439. The second-order valence-corrected chi connectivity index (χ2v) is 9.61. The zero-order valence-electron chi connectivity index (χ0n) is 15.2. The maximum absolute atomic E-state index is 12.8. The summed E-state index contributed by atoms with van der Waals surface area (Å²) in [5.41, 5.74) is 0.683. The van der Waals surface area contributed by atoms with Gasteiger partial charge in [-0.3, -0.25) is 4.79 Å². The molecule has 1 aliphatic heterocycles. The number of piperazine rings is 1. The summed E-state index contributed by atoms with van der Waals surface area (Å²) in [4.78, 5) is 14.4. The zero-order chi connectivity index (χ0) is 18.1. The standard InChI is InChI=1S/C18H28N2O3S/c1-14(2)15-6-8-16(9-7-15)24(22,23)20-12-10-19(11-13-20)17(21)18(3,4)5/h6-9,14H,10-13H2,1-5H3. The molecule has 1 aliphatic rings. The highest BCUT2D eigenvalue weighted by atomic mass is 32.2. The third-order valence-corrected chi connectivity index (χ3v) is 6.26. The van der Waals surface area contributed by atoms with E-state index in [1.165, 1.54) is 4.31 Å². The van der Waals surface area contributed by atoms with Crippen LogP contribution < -0.4 is 0 Å². The van der Waals surface area contributed by atoms with Crippen LogP contribution in [0.25, 0.3) is 0 Å². The van der Waals surface area contributed by atoms with Crippen molar-refractivity contribution in [2.45, 2.75) is 45.4 Å². The van der Waals surface area contributed by atoms with Gasteiger partial charge in [-0.15, -0.1) is 0 Å². The Labute approximate surface area is 145 Å². The number of amides is 1. The maximum atomic E-state index is 12.8. The van der Waals surface area contributed by atoms with E-state index in [1.807, 2.05) is 32.9 Å². The fourth-order valence-electron chi connectivity index (χ4n) is 2.78. The van der Waals surface area contributed by atoms with E-state index in [1.54, 1.807) is 17.0 Å². The minimum Gasteiger partial charge on any atom is -0.340 e. The number of carbonyl (C=O) groups excluding carboxylic acids is 1. The predicted octanol–water partition coefficient (Wildman–Crippen LogP) is 2.69. The smallest absolute Gasteiger partial charge is 0.243 e. The van der Waals surface area contributed by atoms with Crippen molar-refractivity contribution in [1.29, 1.82) is 0 Å². The van der Waals surface area contributed by atoms with Gasteiger partial charge < -0.3 is 4.90 Å². The van der Waals surface area contributed by atoms with E-state index < -0.39 is 15.4 Å². The normalized spacial score (nSPS) is 17.3. The van der Waals surface area contributed by atoms with Gasteiger partial charge in [0.2, 0.25) is 15.9 Å². The number of rotatable bonds is 3. The second kappa shape index (κ2) is 6.84. The van der Waals surface area contributed by atoms with Gasteiger partial charge in [0.15, 0.2) is 0 Å². The van der Waals surface area contributed by atoms with E-state index in [2.05, 4.69) is 13.8 Å². The molecule has 0 bridgehead atoms. The van der Waals surface area contributed by atoms with Crippen LogP contribution in [0.2, 0.25) is 0 Å². The Balaban J connectivity index is 2.08. The van der Waals surface area contributed by atoms with Crippen LogP contribution in [0.3, 0.4) is 0 Å². The third kappa shape index (κ3) is 3.98. The lowest BCUT2D eigenvalue weighted by Crippen LogP contribution is -2.52. The molecule has 0 spiro atoms. The van der Waals surface area contributed by atoms with Gasteiger partial charge in [0.05, 0.1) is 4.90 Å². The summed E-state index contributed by atoms with van der Waals surface area (Å²) in [6.07, 6.45) is 0. The summed E-state index contributed by atoms with van der Waals surface area (Å²) >= 11 is 0. The van der Waals surface area contributed by atoms with Crippen LogP contribution in [0, 0.1) is 5.41 Å². The Bertz CT molecular complexity index is 680. The van der Waals surface area contributed by atoms with Gasteiger partial charge in [-0.05, 0) is 23.6 Å². The Kier molecular flexibility index (Phi) is 5.40. The average Bonchev–Trinajstić information content (AvgIpc) is 2.53. The van der Waals surface area contributed by atoms with Crippen LogP contribution in [0.15, 0.2) is 29.2 Å². The molecule has 5 nitrogen and oxygen atoms in total. The monoisotopic (exact) mass is 352 g/mol. The molecule has 2 rings (SSSR count). The Morgan fingerprint density at radius 1 is 1.00 bits per heavy atom. The molecule has 0 unspecified atom stereocenters. The van der Waals surface area contributed by atoms with E-state index in [9.17, 15) is 13.2 Å². The largest absolute Gasteiger partial charge is 0.340 e. The number of hydrogen-bond donors (Lipinski definition) is 0. The van der Waals surface area contributed by atoms with Crippen LogP contribution in [-0.2, 0) is 14.8 Å². The highest BCUT2D eigenvalue weighted by Gasteiger charge is 2.33. The highest BCUT2D eigenvalue weighted by Crippen LogP contribution is 2.23. The van der Waals surface area contributed by atoms with Gasteiger partial charge in [-0.25, -0.2) is 8.42 Å². The average molecular weight is 353 g/mol. The van der Waals surface area contributed by atoms with Gasteiger partial charge >= 0.3 is 0 Å². The van der Waals surface area contributed by atoms with Crippen molar-refractivity contribution in [1.82, 2.24) is 9.21 Å². The summed E-state index contributed by atoms with van der Waals surface area (Å²) in [6.45, 7) is 11.4. The van der Waals surface area contributed by atoms with Gasteiger partial charge in [-0.1, -0.05) is 46.8 Å². The number of benzene rings is 1. The highest BCUT2D eigenvalue weighted by molar-refractivity contribution is 7.89. The first-order valence-electron chi connectivity index (χ1n) is 8.43. The molecule has 1 heterocycles. The molecule has 0 N–H and O–H groups in total. The molecular weight excluding hydrogens is 324 g/mol. The number of hydrogen-bond acceptors (Lipinski definition) is 3. The van der Waals surface area contributed by atoms with Crippen molar-refractivity contribution >= 4 is 15.9 Å². The number of nitrogens with zero attached hydrogens (tertiary/aromatic N) is 2. The molecule has 1 saturated heterocycles. The van der Waals surface area contributed by atoms with Crippen LogP contribution in [0.4, 0.5) is 0 Å². The van der Waals surface area contributed by atoms with E-state index in [4.69, 9.17) is 0 Å². The van der Waals surface area contributed by atoms with Crippen molar-refractivity contribution in [2.24, 2.45) is 5.41 Å². The fraction of sp³-hybridized carbons (Fsp3) is 0.611. The number of sulfonamides is 1. The lowest BCUT2D eigenvalue weighted by atomic mass is 9.94. The van der Waals surface area contributed by atoms with Gasteiger partial charge in [0, 0.05) is 31.6 Å². The van der Waals surface area contributed by atoms with Gasteiger partial charge in [0.25, 0.3) is 0 Å². The molecule has 1 aromatic rings. The third-order valence-electron chi connectivity index (χ3n) is 4.35.